The van der Waals surface area contributed by atoms with Gasteiger partial charge in [0, 0.05) is 44.8 Å². The van der Waals surface area contributed by atoms with E-state index in [0.717, 1.165) is 72.1 Å². The highest BCUT2D eigenvalue weighted by Crippen LogP contribution is 2.40. The van der Waals surface area contributed by atoms with Gasteiger partial charge in [0.25, 0.3) is 0 Å². The Morgan fingerprint density at radius 2 is 0.956 bits per heavy atom. The Morgan fingerprint density at radius 1 is 0.378 bits per heavy atom. The fourth-order valence-electron chi connectivity index (χ4n) is 6.35. The fourth-order valence-corrected chi connectivity index (χ4v) is 6.35. The molecule has 0 unspecified atom stereocenters. The van der Waals surface area contributed by atoms with E-state index < -0.39 is 0 Å². The first kappa shape index (κ1) is 25.4. The molecule has 9 rings (SSSR count). The molecule has 9 aromatic rings. The molecule has 6 aromatic carbocycles. The molecule has 45 heavy (non-hydrogen) atoms. The van der Waals surface area contributed by atoms with Crippen LogP contribution in [-0.2, 0) is 0 Å². The minimum Gasteiger partial charge on any atom is -0.456 e. The summed E-state index contributed by atoms with van der Waals surface area (Å²) in [5, 5.41) is 4.39. The van der Waals surface area contributed by atoms with Crippen molar-refractivity contribution in [3.63, 3.8) is 0 Å². The molecule has 0 saturated carbocycles. The summed E-state index contributed by atoms with van der Waals surface area (Å²) in [6.07, 6.45) is 3.58. The number of hydrogen-bond acceptors (Lipinski definition) is 4. The first-order chi connectivity index (χ1) is 22.3. The van der Waals surface area contributed by atoms with E-state index in [0.29, 0.717) is 0 Å². The van der Waals surface area contributed by atoms with E-state index in [4.69, 9.17) is 8.83 Å². The Hall–Kier alpha value is -6.13. The van der Waals surface area contributed by atoms with E-state index in [-0.39, 0.29) is 0 Å². The van der Waals surface area contributed by atoms with Crippen molar-refractivity contribution in [1.82, 2.24) is 4.98 Å². The first-order valence-corrected chi connectivity index (χ1v) is 15.0. The van der Waals surface area contributed by atoms with Gasteiger partial charge < -0.3 is 13.7 Å². The summed E-state index contributed by atoms with van der Waals surface area (Å²) in [7, 11) is 0. The predicted molar refractivity (Wildman–Crippen MR) is 184 cm³/mol. The van der Waals surface area contributed by atoms with E-state index in [9.17, 15) is 0 Å². The van der Waals surface area contributed by atoms with Crippen molar-refractivity contribution in [3.8, 4) is 22.3 Å². The van der Waals surface area contributed by atoms with Crippen LogP contribution in [0.3, 0.4) is 0 Å². The van der Waals surface area contributed by atoms with E-state index in [1.807, 2.05) is 24.3 Å². The molecule has 212 valence electrons. The minimum atomic E-state index is 0.802. The lowest BCUT2D eigenvalue weighted by Crippen LogP contribution is -2.09. The molecule has 0 radical (unpaired) electrons. The van der Waals surface area contributed by atoms with Gasteiger partial charge in [-0.1, -0.05) is 78.9 Å². The summed E-state index contributed by atoms with van der Waals surface area (Å²) in [5.74, 6) is 0. The molecule has 0 spiro atoms. The highest BCUT2D eigenvalue weighted by Gasteiger charge is 2.16. The Bertz CT molecular complexity index is 2470. The average molecular weight is 579 g/mol. The number of nitrogens with zero attached hydrogens (tertiary/aromatic N) is 2. The maximum absolute atomic E-state index is 6.15. The summed E-state index contributed by atoms with van der Waals surface area (Å²) in [6.45, 7) is 0. The number of hydrogen-bond donors (Lipinski definition) is 0. The normalized spacial score (nSPS) is 11.6. The molecule has 0 aliphatic carbocycles. The van der Waals surface area contributed by atoms with Crippen LogP contribution in [0.25, 0.3) is 66.1 Å². The maximum atomic E-state index is 6.15. The number of pyridine rings is 1. The summed E-state index contributed by atoms with van der Waals surface area (Å²) >= 11 is 0. The smallest absolute Gasteiger partial charge is 0.153 e. The van der Waals surface area contributed by atoms with Crippen LogP contribution in [0.15, 0.2) is 167 Å². The van der Waals surface area contributed by atoms with Crippen LogP contribution in [0.4, 0.5) is 17.1 Å². The third-order valence-electron chi connectivity index (χ3n) is 8.59. The van der Waals surface area contributed by atoms with Crippen LogP contribution < -0.4 is 4.90 Å². The van der Waals surface area contributed by atoms with Gasteiger partial charge in [0.05, 0.1) is 6.20 Å². The number of anilines is 3. The SMILES string of the molecule is c1ccc(-c2ccc(N(c3ccc(-c4ccc5c(c4)oc4cnccc45)cc3)c3ccc4oc5ccccc5c4c3)cc2)cc1. The zero-order valence-corrected chi connectivity index (χ0v) is 24.2. The zero-order chi connectivity index (χ0) is 29.7. The van der Waals surface area contributed by atoms with E-state index in [2.05, 4.69) is 131 Å². The standard InChI is InChI=1S/C41H26N2O2/c1-2-6-27(7-3-1)28-10-15-31(16-11-28)43(33-19-21-39-37(25-33)34-8-4-5-9-38(34)44-39)32-17-12-29(13-18-32)30-14-20-35-36-22-23-42-26-41(36)45-40(35)24-30/h1-26H. The van der Waals surface area contributed by atoms with Crippen LogP contribution in [0.2, 0.25) is 0 Å². The maximum Gasteiger partial charge on any atom is 0.153 e. The van der Waals surface area contributed by atoms with Crippen LogP contribution >= 0.6 is 0 Å². The number of furan rings is 2. The molecule has 0 aliphatic heterocycles. The second-order valence-electron chi connectivity index (χ2n) is 11.3. The molecular weight excluding hydrogens is 552 g/mol. The summed E-state index contributed by atoms with van der Waals surface area (Å²) < 4.78 is 12.3. The van der Waals surface area contributed by atoms with Crippen molar-refractivity contribution in [2.24, 2.45) is 0 Å². The molecule has 0 aliphatic rings. The Morgan fingerprint density at radius 3 is 1.76 bits per heavy atom. The van der Waals surface area contributed by atoms with Gasteiger partial charge in [0.15, 0.2) is 5.58 Å². The summed E-state index contributed by atoms with van der Waals surface area (Å²) in [4.78, 5) is 6.51. The average Bonchev–Trinajstić information content (AvgIpc) is 3.67. The minimum absolute atomic E-state index is 0.802. The largest absolute Gasteiger partial charge is 0.456 e. The Balaban J connectivity index is 1.14. The summed E-state index contributed by atoms with van der Waals surface area (Å²) in [5.41, 5.74) is 11.2. The monoisotopic (exact) mass is 578 g/mol. The molecule has 0 saturated heterocycles. The molecule has 0 N–H and O–H groups in total. The van der Waals surface area contributed by atoms with Gasteiger partial charge in [0.2, 0.25) is 0 Å². The second-order valence-corrected chi connectivity index (χ2v) is 11.3. The third-order valence-corrected chi connectivity index (χ3v) is 8.59. The lowest BCUT2D eigenvalue weighted by atomic mass is 10.0. The molecule has 0 amide bonds. The number of aromatic nitrogens is 1. The third kappa shape index (κ3) is 4.35. The number of benzene rings is 6. The van der Waals surface area contributed by atoms with Gasteiger partial charge in [-0.15, -0.1) is 0 Å². The van der Waals surface area contributed by atoms with Crippen LogP contribution in [0.1, 0.15) is 0 Å². The zero-order valence-electron chi connectivity index (χ0n) is 24.2. The molecule has 0 bridgehead atoms. The van der Waals surface area contributed by atoms with Crippen molar-refractivity contribution in [2.75, 3.05) is 4.90 Å². The second kappa shape index (κ2) is 10.2. The van der Waals surface area contributed by atoms with Crippen molar-refractivity contribution >= 4 is 60.9 Å². The van der Waals surface area contributed by atoms with Gasteiger partial charge in [-0.25, -0.2) is 0 Å². The number of para-hydroxylation sites is 1. The highest BCUT2D eigenvalue weighted by atomic mass is 16.3. The van der Waals surface area contributed by atoms with E-state index in [1.54, 1.807) is 12.4 Å². The molecular formula is C41H26N2O2. The molecule has 4 nitrogen and oxygen atoms in total. The lowest BCUT2D eigenvalue weighted by Gasteiger charge is -2.26. The van der Waals surface area contributed by atoms with Gasteiger partial charge in [-0.2, -0.15) is 0 Å². The Kier molecular flexibility index (Phi) is 5.78. The van der Waals surface area contributed by atoms with E-state index >= 15 is 0 Å². The quantitative estimate of drug-likeness (QED) is 0.204. The molecule has 0 fully saturated rings. The summed E-state index contributed by atoms with van der Waals surface area (Å²) in [6, 6.07) is 51.0. The molecule has 4 heteroatoms. The van der Waals surface area contributed by atoms with Crippen molar-refractivity contribution in [2.45, 2.75) is 0 Å². The number of rotatable bonds is 5. The topological polar surface area (TPSA) is 42.4 Å². The van der Waals surface area contributed by atoms with Crippen molar-refractivity contribution in [1.29, 1.82) is 0 Å². The number of fused-ring (bicyclic) bond motifs is 6. The van der Waals surface area contributed by atoms with Gasteiger partial charge in [-0.05, 0) is 89.0 Å². The van der Waals surface area contributed by atoms with Gasteiger partial charge >= 0.3 is 0 Å². The van der Waals surface area contributed by atoms with Crippen molar-refractivity contribution < 1.29 is 8.83 Å². The first-order valence-electron chi connectivity index (χ1n) is 15.0. The van der Waals surface area contributed by atoms with Gasteiger partial charge in [0.1, 0.15) is 16.7 Å². The Labute approximate surface area is 259 Å². The van der Waals surface area contributed by atoms with Crippen LogP contribution in [-0.4, -0.2) is 4.98 Å². The van der Waals surface area contributed by atoms with Crippen LogP contribution in [0, 0.1) is 0 Å². The predicted octanol–water partition coefficient (Wildman–Crippen LogP) is 11.7. The lowest BCUT2D eigenvalue weighted by molar-refractivity contribution is 0.667. The van der Waals surface area contributed by atoms with E-state index in [1.165, 1.54) is 11.1 Å². The molecule has 3 heterocycles. The van der Waals surface area contributed by atoms with Crippen molar-refractivity contribution in [3.05, 3.63) is 158 Å². The van der Waals surface area contributed by atoms with Gasteiger partial charge in [-0.3, -0.25) is 4.98 Å². The highest BCUT2D eigenvalue weighted by molar-refractivity contribution is 6.07. The van der Waals surface area contributed by atoms with Crippen LogP contribution in [0.5, 0.6) is 0 Å². The molecule has 0 atom stereocenters. The fraction of sp³-hybridized carbons (Fsp3) is 0. The molecule has 3 aromatic heterocycles.